The van der Waals surface area contributed by atoms with E-state index in [0.29, 0.717) is 26.1 Å². The van der Waals surface area contributed by atoms with Gasteiger partial charge in [0.05, 0.1) is 10.9 Å². The summed E-state index contributed by atoms with van der Waals surface area (Å²) >= 11 is 1.69. The average molecular weight is 418 g/mol. The second kappa shape index (κ2) is 7.45. The molecule has 0 saturated carbocycles. The fraction of sp³-hybridized carbons (Fsp3) is 0.250. The Morgan fingerprint density at radius 3 is 2.73 bits per heavy atom. The number of hydrogen-bond acceptors (Lipinski definition) is 4. The molecule has 5 nitrogen and oxygen atoms in total. The van der Waals surface area contributed by atoms with Crippen LogP contribution in [-0.4, -0.2) is 28.5 Å². The maximum absolute atomic E-state index is 12.4. The maximum atomic E-state index is 12.4. The van der Waals surface area contributed by atoms with Gasteiger partial charge >= 0.3 is 0 Å². The predicted molar refractivity (Wildman–Crippen MR) is 119 cm³/mol. The Balaban J connectivity index is 1.53. The summed E-state index contributed by atoms with van der Waals surface area (Å²) in [6.07, 6.45) is 5.08. The molecule has 4 aromatic rings. The molecule has 1 saturated heterocycles. The van der Waals surface area contributed by atoms with E-state index in [4.69, 9.17) is 10.5 Å². The van der Waals surface area contributed by atoms with Crippen molar-refractivity contribution in [1.29, 1.82) is 0 Å². The predicted octanol–water partition coefficient (Wildman–Crippen LogP) is 4.48. The van der Waals surface area contributed by atoms with Crippen molar-refractivity contribution in [3.05, 3.63) is 72.1 Å². The van der Waals surface area contributed by atoms with Crippen LogP contribution in [0.25, 0.3) is 16.6 Å². The molecule has 152 valence electrons. The van der Waals surface area contributed by atoms with Gasteiger partial charge in [-0.05, 0) is 61.2 Å². The molecule has 0 radical (unpaired) electrons. The van der Waals surface area contributed by atoms with Crippen molar-refractivity contribution in [3.8, 4) is 0 Å². The number of amides is 1. The highest BCUT2D eigenvalue weighted by atomic mass is 32.2. The summed E-state index contributed by atoms with van der Waals surface area (Å²) in [5.74, 6) is -0.267. The lowest BCUT2D eigenvalue weighted by molar-refractivity contribution is -0.127. The molecule has 30 heavy (non-hydrogen) atoms. The number of carbonyl (C=O) groups is 1. The molecule has 0 unspecified atom stereocenters. The molecule has 0 aliphatic carbocycles. The summed E-state index contributed by atoms with van der Waals surface area (Å²) in [6, 6.07) is 16.8. The summed E-state index contributed by atoms with van der Waals surface area (Å²) in [6.45, 7) is 3.24. The SMILES string of the molecule is Cc1cc2nccn2c2cc(Sc3cccc(C4(C(N)=O)CCOCC4)c3)ccc12. The van der Waals surface area contributed by atoms with E-state index in [1.165, 1.54) is 10.9 Å². The van der Waals surface area contributed by atoms with Gasteiger partial charge in [0.1, 0.15) is 5.65 Å². The molecule has 0 atom stereocenters. The zero-order chi connectivity index (χ0) is 20.7. The van der Waals surface area contributed by atoms with Gasteiger partial charge in [0, 0.05) is 40.8 Å². The third-order valence-corrected chi connectivity index (χ3v) is 7.09. The molecule has 1 aliphatic heterocycles. The van der Waals surface area contributed by atoms with Crippen LogP contribution in [0.15, 0.2) is 70.7 Å². The van der Waals surface area contributed by atoms with E-state index in [9.17, 15) is 4.79 Å². The molecule has 1 fully saturated rings. The number of ether oxygens (including phenoxy) is 1. The summed E-state index contributed by atoms with van der Waals surface area (Å²) in [7, 11) is 0. The number of imidazole rings is 1. The quantitative estimate of drug-likeness (QED) is 0.531. The highest BCUT2D eigenvalue weighted by Crippen LogP contribution is 2.38. The molecule has 5 rings (SSSR count). The third kappa shape index (κ3) is 3.16. The van der Waals surface area contributed by atoms with Crippen molar-refractivity contribution in [2.45, 2.75) is 35.0 Å². The Labute approximate surface area is 179 Å². The minimum atomic E-state index is -0.641. The van der Waals surface area contributed by atoms with Gasteiger partial charge in [-0.3, -0.25) is 9.20 Å². The molecule has 1 aliphatic rings. The Kier molecular flexibility index (Phi) is 4.76. The van der Waals surface area contributed by atoms with Crippen molar-refractivity contribution in [2.75, 3.05) is 13.2 Å². The van der Waals surface area contributed by atoms with Crippen LogP contribution in [0.1, 0.15) is 24.0 Å². The number of primary amides is 1. The zero-order valence-corrected chi connectivity index (χ0v) is 17.6. The number of aryl methyl sites for hydroxylation is 1. The first-order valence-corrected chi connectivity index (χ1v) is 10.9. The van der Waals surface area contributed by atoms with Crippen molar-refractivity contribution in [3.63, 3.8) is 0 Å². The van der Waals surface area contributed by atoms with E-state index >= 15 is 0 Å². The van der Waals surface area contributed by atoms with Crippen molar-refractivity contribution in [2.24, 2.45) is 5.73 Å². The van der Waals surface area contributed by atoms with Gasteiger partial charge in [0.2, 0.25) is 5.91 Å². The normalized spacial score (nSPS) is 16.2. The Hall–Kier alpha value is -2.83. The number of nitrogens with two attached hydrogens (primary N) is 1. The van der Waals surface area contributed by atoms with E-state index in [1.807, 2.05) is 24.5 Å². The third-order valence-electron chi connectivity index (χ3n) is 6.11. The first-order chi connectivity index (χ1) is 14.6. The van der Waals surface area contributed by atoms with Crippen molar-refractivity contribution in [1.82, 2.24) is 9.38 Å². The topological polar surface area (TPSA) is 69.6 Å². The standard InChI is InChI=1S/C24H23N3O2S/c1-16-13-22-26-9-10-27(22)21-15-19(5-6-20(16)21)30-18-4-2-3-17(14-18)24(23(25)28)7-11-29-12-8-24/h2-6,9-10,13-15H,7-8,11-12H2,1H3,(H2,25,28). The number of fused-ring (bicyclic) bond motifs is 3. The van der Waals surface area contributed by atoms with Crippen molar-refractivity contribution >= 4 is 34.2 Å². The molecule has 0 spiro atoms. The molecule has 1 amide bonds. The Bertz CT molecular complexity index is 1260. The van der Waals surface area contributed by atoms with E-state index in [2.05, 4.69) is 52.7 Å². The molecular formula is C24H23N3O2S. The molecule has 2 aromatic carbocycles. The van der Waals surface area contributed by atoms with Crippen LogP contribution in [0.5, 0.6) is 0 Å². The highest BCUT2D eigenvalue weighted by molar-refractivity contribution is 7.99. The molecule has 2 aromatic heterocycles. The average Bonchev–Trinajstić information content (AvgIpc) is 3.23. The largest absolute Gasteiger partial charge is 0.381 e. The second-order valence-corrected chi connectivity index (χ2v) is 9.00. The van der Waals surface area contributed by atoms with Gasteiger partial charge < -0.3 is 10.5 Å². The van der Waals surface area contributed by atoms with Gasteiger partial charge in [0.15, 0.2) is 0 Å². The van der Waals surface area contributed by atoms with Crippen molar-refractivity contribution < 1.29 is 9.53 Å². The fourth-order valence-corrected chi connectivity index (χ4v) is 5.31. The van der Waals surface area contributed by atoms with Gasteiger partial charge in [-0.2, -0.15) is 0 Å². The summed E-state index contributed by atoms with van der Waals surface area (Å²) < 4.78 is 7.60. The lowest BCUT2D eigenvalue weighted by Crippen LogP contribution is -2.45. The molecule has 6 heteroatoms. The molecule has 0 bridgehead atoms. The van der Waals surface area contributed by atoms with E-state index in [0.717, 1.165) is 26.5 Å². The zero-order valence-electron chi connectivity index (χ0n) is 16.8. The highest BCUT2D eigenvalue weighted by Gasteiger charge is 2.40. The number of carbonyl (C=O) groups excluding carboxylic acids is 1. The number of nitrogens with zero attached hydrogens (tertiary/aromatic N) is 2. The minimum Gasteiger partial charge on any atom is -0.381 e. The minimum absolute atomic E-state index is 0.267. The monoisotopic (exact) mass is 417 g/mol. The van der Waals surface area contributed by atoms with Crippen LogP contribution in [0.3, 0.4) is 0 Å². The first kappa shape index (κ1) is 19.2. The number of benzene rings is 2. The number of pyridine rings is 1. The summed E-state index contributed by atoms with van der Waals surface area (Å²) in [5, 5.41) is 1.22. The number of aromatic nitrogens is 2. The molecular weight excluding hydrogens is 394 g/mol. The fourth-order valence-electron chi connectivity index (χ4n) is 4.40. The van der Waals surface area contributed by atoms with Crippen LogP contribution >= 0.6 is 11.8 Å². The van der Waals surface area contributed by atoms with E-state index < -0.39 is 5.41 Å². The number of hydrogen-bond donors (Lipinski definition) is 1. The van der Waals surface area contributed by atoms with Gasteiger partial charge in [0.25, 0.3) is 0 Å². The lowest BCUT2D eigenvalue weighted by atomic mass is 9.73. The van der Waals surface area contributed by atoms with Crippen LogP contribution in [-0.2, 0) is 14.9 Å². The van der Waals surface area contributed by atoms with Crippen LogP contribution < -0.4 is 5.73 Å². The number of rotatable bonds is 4. The Morgan fingerprint density at radius 2 is 1.93 bits per heavy atom. The lowest BCUT2D eigenvalue weighted by Gasteiger charge is -2.34. The Morgan fingerprint density at radius 1 is 1.13 bits per heavy atom. The summed E-state index contributed by atoms with van der Waals surface area (Å²) in [5.41, 5.74) is 9.49. The van der Waals surface area contributed by atoms with Gasteiger partial charge in [-0.25, -0.2) is 4.98 Å². The van der Waals surface area contributed by atoms with Gasteiger partial charge in [-0.15, -0.1) is 0 Å². The maximum Gasteiger partial charge on any atom is 0.228 e. The summed E-state index contributed by atoms with van der Waals surface area (Å²) in [4.78, 5) is 19.0. The second-order valence-electron chi connectivity index (χ2n) is 7.85. The molecule has 2 N–H and O–H groups in total. The first-order valence-electron chi connectivity index (χ1n) is 10.1. The van der Waals surface area contributed by atoms with Crippen LogP contribution in [0, 0.1) is 6.92 Å². The van der Waals surface area contributed by atoms with Crippen LogP contribution in [0.4, 0.5) is 0 Å². The van der Waals surface area contributed by atoms with Gasteiger partial charge in [-0.1, -0.05) is 30.0 Å². The van der Waals surface area contributed by atoms with E-state index in [-0.39, 0.29) is 5.91 Å². The smallest absolute Gasteiger partial charge is 0.228 e. The van der Waals surface area contributed by atoms with E-state index in [1.54, 1.807) is 11.8 Å². The van der Waals surface area contributed by atoms with Crippen LogP contribution in [0.2, 0.25) is 0 Å². The molecule has 3 heterocycles.